The lowest BCUT2D eigenvalue weighted by atomic mass is 9.75. The molecular formula is C10H20O. The lowest BCUT2D eigenvalue weighted by Gasteiger charge is -2.37. The van der Waals surface area contributed by atoms with Crippen LogP contribution >= 0.6 is 0 Å². The molecule has 0 bridgehead atoms. The van der Waals surface area contributed by atoms with Crippen molar-refractivity contribution < 1.29 is 5.11 Å². The second-order valence-corrected chi connectivity index (χ2v) is 4.68. The lowest BCUT2D eigenvalue weighted by Crippen LogP contribution is -2.41. The van der Waals surface area contributed by atoms with Crippen molar-refractivity contribution in [1.29, 1.82) is 0 Å². The van der Waals surface area contributed by atoms with E-state index >= 15 is 0 Å². The standard InChI is InChI=1S/C10H20O/c1-5-8-6-7-9(2,3)10(8,4)11/h8,11H,5-7H2,1-4H3. The summed E-state index contributed by atoms with van der Waals surface area (Å²) >= 11 is 0. The molecule has 1 heteroatoms. The van der Waals surface area contributed by atoms with Gasteiger partial charge >= 0.3 is 0 Å². The van der Waals surface area contributed by atoms with Crippen molar-refractivity contribution >= 4 is 0 Å². The van der Waals surface area contributed by atoms with Gasteiger partial charge in [0.2, 0.25) is 0 Å². The highest BCUT2D eigenvalue weighted by atomic mass is 16.3. The van der Waals surface area contributed by atoms with E-state index in [0.717, 1.165) is 6.42 Å². The topological polar surface area (TPSA) is 20.2 Å². The Hall–Kier alpha value is -0.0400. The highest BCUT2D eigenvalue weighted by Gasteiger charge is 2.49. The Kier molecular flexibility index (Phi) is 2.04. The normalized spacial score (nSPS) is 42.8. The first-order valence-electron chi connectivity index (χ1n) is 4.64. The van der Waals surface area contributed by atoms with Gasteiger partial charge in [0.15, 0.2) is 0 Å². The van der Waals surface area contributed by atoms with Crippen molar-refractivity contribution in [2.45, 2.75) is 52.6 Å². The smallest absolute Gasteiger partial charge is 0.0698 e. The second kappa shape index (κ2) is 2.48. The Morgan fingerprint density at radius 3 is 2.09 bits per heavy atom. The Balaban J connectivity index is 2.81. The zero-order valence-electron chi connectivity index (χ0n) is 8.15. The van der Waals surface area contributed by atoms with Crippen molar-refractivity contribution in [2.75, 3.05) is 0 Å². The molecule has 1 aliphatic carbocycles. The molecule has 0 aromatic rings. The van der Waals surface area contributed by atoms with Crippen molar-refractivity contribution in [3.05, 3.63) is 0 Å². The molecule has 1 fully saturated rings. The molecule has 1 saturated carbocycles. The summed E-state index contributed by atoms with van der Waals surface area (Å²) in [7, 11) is 0. The molecule has 0 aliphatic heterocycles. The quantitative estimate of drug-likeness (QED) is 0.618. The molecule has 66 valence electrons. The van der Waals surface area contributed by atoms with Gasteiger partial charge in [0.1, 0.15) is 0 Å². The van der Waals surface area contributed by atoms with E-state index in [9.17, 15) is 5.11 Å². The number of hydrogen-bond donors (Lipinski definition) is 1. The summed E-state index contributed by atoms with van der Waals surface area (Å²) in [4.78, 5) is 0. The summed E-state index contributed by atoms with van der Waals surface area (Å²) in [5.74, 6) is 0.512. The summed E-state index contributed by atoms with van der Waals surface area (Å²) in [6.07, 6.45) is 3.46. The molecular weight excluding hydrogens is 136 g/mol. The molecule has 1 rings (SSSR count). The fraction of sp³-hybridized carbons (Fsp3) is 1.00. The van der Waals surface area contributed by atoms with Crippen LogP contribution in [0.25, 0.3) is 0 Å². The third kappa shape index (κ3) is 1.20. The molecule has 11 heavy (non-hydrogen) atoms. The summed E-state index contributed by atoms with van der Waals surface area (Å²) in [6.45, 7) is 8.50. The van der Waals surface area contributed by atoms with Gasteiger partial charge in [-0.05, 0) is 31.1 Å². The first kappa shape index (κ1) is 9.05. The van der Waals surface area contributed by atoms with E-state index < -0.39 is 5.60 Å². The molecule has 1 N–H and O–H groups in total. The Morgan fingerprint density at radius 2 is 1.91 bits per heavy atom. The van der Waals surface area contributed by atoms with Crippen LogP contribution in [0.5, 0.6) is 0 Å². The SMILES string of the molecule is CCC1CCC(C)(C)C1(C)O. The minimum atomic E-state index is -0.443. The van der Waals surface area contributed by atoms with Crippen LogP contribution in [-0.4, -0.2) is 10.7 Å². The van der Waals surface area contributed by atoms with Crippen molar-refractivity contribution in [2.24, 2.45) is 11.3 Å². The van der Waals surface area contributed by atoms with E-state index in [2.05, 4.69) is 20.8 Å². The highest BCUT2D eigenvalue weighted by Crippen LogP contribution is 2.50. The van der Waals surface area contributed by atoms with E-state index in [1.807, 2.05) is 6.92 Å². The zero-order valence-corrected chi connectivity index (χ0v) is 8.15. The van der Waals surface area contributed by atoms with Crippen LogP contribution in [-0.2, 0) is 0 Å². The first-order valence-corrected chi connectivity index (χ1v) is 4.64. The summed E-state index contributed by atoms with van der Waals surface area (Å²) in [6, 6.07) is 0. The van der Waals surface area contributed by atoms with Crippen molar-refractivity contribution in [3.8, 4) is 0 Å². The largest absolute Gasteiger partial charge is 0.389 e. The maximum Gasteiger partial charge on any atom is 0.0698 e. The van der Waals surface area contributed by atoms with E-state index in [0.29, 0.717) is 5.92 Å². The van der Waals surface area contributed by atoms with E-state index in [1.54, 1.807) is 0 Å². The molecule has 2 unspecified atom stereocenters. The molecule has 1 aliphatic rings. The van der Waals surface area contributed by atoms with Gasteiger partial charge in [-0.3, -0.25) is 0 Å². The lowest BCUT2D eigenvalue weighted by molar-refractivity contribution is -0.0598. The van der Waals surface area contributed by atoms with E-state index in [-0.39, 0.29) is 5.41 Å². The van der Waals surface area contributed by atoms with Crippen molar-refractivity contribution in [1.82, 2.24) is 0 Å². The predicted molar refractivity (Wildman–Crippen MR) is 47.4 cm³/mol. The van der Waals surface area contributed by atoms with Crippen LogP contribution in [0.2, 0.25) is 0 Å². The van der Waals surface area contributed by atoms with Gasteiger partial charge in [-0.25, -0.2) is 0 Å². The zero-order chi connectivity index (χ0) is 8.70. The molecule has 0 aromatic carbocycles. The first-order chi connectivity index (χ1) is 4.92. The highest BCUT2D eigenvalue weighted by molar-refractivity contribution is 5.00. The molecule has 0 saturated heterocycles. The molecule has 1 nitrogen and oxygen atoms in total. The molecule has 0 spiro atoms. The Bertz CT molecular complexity index is 147. The Morgan fingerprint density at radius 1 is 1.36 bits per heavy atom. The average molecular weight is 156 g/mol. The molecule has 0 amide bonds. The Labute approximate surface area is 69.8 Å². The van der Waals surface area contributed by atoms with Crippen LogP contribution in [0.3, 0.4) is 0 Å². The molecule has 2 atom stereocenters. The van der Waals surface area contributed by atoms with Gasteiger partial charge in [0.05, 0.1) is 5.60 Å². The van der Waals surface area contributed by atoms with Gasteiger partial charge in [-0.15, -0.1) is 0 Å². The van der Waals surface area contributed by atoms with Crippen LogP contribution in [0.1, 0.15) is 47.0 Å². The fourth-order valence-corrected chi connectivity index (χ4v) is 2.22. The maximum absolute atomic E-state index is 10.2. The van der Waals surface area contributed by atoms with E-state index in [1.165, 1.54) is 12.8 Å². The maximum atomic E-state index is 10.2. The average Bonchev–Trinajstić information content (AvgIpc) is 2.05. The molecule has 0 heterocycles. The third-order valence-electron chi connectivity index (χ3n) is 3.78. The third-order valence-corrected chi connectivity index (χ3v) is 3.78. The minimum Gasteiger partial charge on any atom is -0.389 e. The van der Waals surface area contributed by atoms with Gasteiger partial charge < -0.3 is 5.11 Å². The van der Waals surface area contributed by atoms with Crippen LogP contribution < -0.4 is 0 Å². The monoisotopic (exact) mass is 156 g/mol. The summed E-state index contributed by atoms with van der Waals surface area (Å²) < 4.78 is 0. The molecule has 0 aromatic heterocycles. The van der Waals surface area contributed by atoms with Gasteiger partial charge in [-0.1, -0.05) is 27.2 Å². The van der Waals surface area contributed by atoms with Crippen LogP contribution in [0.15, 0.2) is 0 Å². The number of rotatable bonds is 1. The second-order valence-electron chi connectivity index (χ2n) is 4.68. The van der Waals surface area contributed by atoms with Crippen LogP contribution in [0.4, 0.5) is 0 Å². The summed E-state index contributed by atoms with van der Waals surface area (Å²) in [5.41, 5.74) is -0.324. The summed E-state index contributed by atoms with van der Waals surface area (Å²) in [5, 5.41) is 10.2. The van der Waals surface area contributed by atoms with Gasteiger partial charge in [0, 0.05) is 0 Å². The van der Waals surface area contributed by atoms with Crippen LogP contribution in [0, 0.1) is 11.3 Å². The van der Waals surface area contributed by atoms with Crippen molar-refractivity contribution in [3.63, 3.8) is 0 Å². The number of aliphatic hydroxyl groups is 1. The molecule has 0 radical (unpaired) electrons. The predicted octanol–water partition coefficient (Wildman–Crippen LogP) is 2.58. The fourth-order valence-electron chi connectivity index (χ4n) is 2.22. The number of hydrogen-bond acceptors (Lipinski definition) is 1. The van der Waals surface area contributed by atoms with Gasteiger partial charge in [-0.2, -0.15) is 0 Å². The minimum absolute atomic E-state index is 0.119. The van der Waals surface area contributed by atoms with E-state index in [4.69, 9.17) is 0 Å². The van der Waals surface area contributed by atoms with Gasteiger partial charge in [0.25, 0.3) is 0 Å².